The maximum atomic E-state index is 2.73. The first-order valence-corrected chi connectivity index (χ1v) is 21.7. The Bertz CT molecular complexity index is 2770. The van der Waals surface area contributed by atoms with E-state index in [2.05, 4.69) is 196 Å². The van der Waals surface area contributed by atoms with Crippen LogP contribution in [0.25, 0.3) is 60.5 Å². The number of unbranched alkanes of at least 4 members (excludes halogenated alkanes) is 1. The number of hydrogen-bond donors (Lipinski definition) is 0. The molecule has 8 aromatic rings. The van der Waals surface area contributed by atoms with Gasteiger partial charge in [-0.1, -0.05) is 121 Å². The zero-order chi connectivity index (χ0) is 39.5. The van der Waals surface area contributed by atoms with Crippen LogP contribution < -0.4 is 8.97 Å². The third-order valence-electron chi connectivity index (χ3n) is 14.1. The molecule has 0 N–H and O–H groups in total. The molecule has 0 amide bonds. The Morgan fingerprint density at radius 2 is 1.42 bits per heavy atom. The number of fused-ring (bicyclic) bond motifs is 9. The van der Waals surface area contributed by atoms with Gasteiger partial charge in [-0.15, -0.1) is 0 Å². The zero-order valence-corrected chi connectivity index (χ0v) is 35.1. The van der Waals surface area contributed by atoms with Gasteiger partial charge in [0.1, 0.15) is 0 Å². The van der Waals surface area contributed by atoms with E-state index in [1.54, 1.807) is 0 Å². The van der Waals surface area contributed by atoms with Crippen molar-refractivity contribution in [1.82, 2.24) is 4.57 Å². The van der Waals surface area contributed by atoms with E-state index in [1.807, 2.05) is 0 Å². The van der Waals surface area contributed by atoms with Crippen molar-refractivity contribution < 1.29 is 8.97 Å². The monoisotopic (exact) mass is 749 g/mol. The topological polar surface area (TPSA) is 12.9 Å². The minimum atomic E-state index is -0.208. The van der Waals surface area contributed by atoms with Gasteiger partial charge < -0.3 is 4.57 Å². The number of rotatable bonds is 11. The SMILES string of the molecule is CCCCC(C)c1cc2[n+](cc1-c1ccccc1)C(C)(CC)C(CC)(Cc1c[n+]3ccccc3c3cc4c(cc13)c1ccccc1n4CC(C)C)c1ccccc1-2. The summed E-state index contributed by atoms with van der Waals surface area (Å²) in [5.74, 6) is 1.01. The lowest BCUT2D eigenvalue weighted by atomic mass is 9.57. The lowest BCUT2D eigenvalue weighted by Gasteiger charge is -2.48. The first kappa shape index (κ1) is 37.3. The fourth-order valence-electron chi connectivity index (χ4n) is 10.9. The van der Waals surface area contributed by atoms with Crippen LogP contribution in [0.5, 0.6) is 0 Å². The largest absolute Gasteiger partial charge is 0.340 e. The smallest absolute Gasteiger partial charge is 0.218 e. The third kappa shape index (κ3) is 5.83. The van der Waals surface area contributed by atoms with Crippen molar-refractivity contribution in [3.05, 3.63) is 151 Å². The van der Waals surface area contributed by atoms with Gasteiger partial charge in [-0.05, 0) is 83.5 Å². The molecule has 0 fully saturated rings. The Morgan fingerprint density at radius 3 is 2.19 bits per heavy atom. The lowest BCUT2D eigenvalue weighted by molar-refractivity contribution is -0.765. The second-order valence-corrected chi connectivity index (χ2v) is 17.7. The van der Waals surface area contributed by atoms with Gasteiger partial charge in [0.2, 0.25) is 11.2 Å². The third-order valence-corrected chi connectivity index (χ3v) is 14.1. The maximum Gasteiger partial charge on any atom is 0.218 e. The van der Waals surface area contributed by atoms with Crippen LogP contribution in [0.3, 0.4) is 0 Å². The minimum Gasteiger partial charge on any atom is -0.340 e. The van der Waals surface area contributed by atoms with Crippen LogP contribution in [0.15, 0.2) is 134 Å². The van der Waals surface area contributed by atoms with Crippen molar-refractivity contribution in [2.45, 2.75) is 110 Å². The van der Waals surface area contributed by atoms with Crippen molar-refractivity contribution >= 4 is 38.1 Å². The van der Waals surface area contributed by atoms with Crippen LogP contribution in [0.4, 0.5) is 0 Å². The molecule has 3 heteroatoms. The molecular formula is C54H59N3+2. The number of nitrogens with zero attached hydrogens (tertiary/aromatic N) is 3. The molecule has 5 heterocycles. The highest BCUT2D eigenvalue weighted by atomic mass is 15.1. The second-order valence-electron chi connectivity index (χ2n) is 17.7. The lowest BCUT2D eigenvalue weighted by Crippen LogP contribution is -2.69. The first-order valence-electron chi connectivity index (χ1n) is 21.7. The predicted octanol–water partition coefficient (Wildman–Crippen LogP) is 13.3. The maximum absolute atomic E-state index is 2.73. The highest BCUT2D eigenvalue weighted by Crippen LogP contribution is 2.53. The fraction of sp³-hybridized carbons (Fsp3) is 0.333. The quantitative estimate of drug-likeness (QED) is 0.0923. The Labute approximate surface area is 339 Å². The van der Waals surface area contributed by atoms with E-state index >= 15 is 0 Å². The van der Waals surface area contributed by atoms with Gasteiger partial charge in [0.15, 0.2) is 24.1 Å². The molecule has 0 radical (unpaired) electrons. The molecule has 1 aliphatic rings. The van der Waals surface area contributed by atoms with E-state index in [4.69, 9.17) is 0 Å². The van der Waals surface area contributed by atoms with Gasteiger partial charge in [-0.3, -0.25) is 0 Å². The number of pyridine rings is 3. The molecule has 3 nitrogen and oxygen atoms in total. The van der Waals surface area contributed by atoms with Crippen molar-refractivity contribution in [2.75, 3.05) is 0 Å². The Hall–Kier alpha value is -5.28. The molecule has 1 aliphatic heterocycles. The van der Waals surface area contributed by atoms with Gasteiger partial charge in [-0.25, -0.2) is 0 Å². The van der Waals surface area contributed by atoms with Crippen LogP contribution >= 0.6 is 0 Å². The molecule has 0 saturated heterocycles. The van der Waals surface area contributed by atoms with E-state index in [-0.39, 0.29) is 11.0 Å². The summed E-state index contributed by atoms with van der Waals surface area (Å²) in [5, 5.41) is 5.39. The van der Waals surface area contributed by atoms with Crippen LogP contribution in [0.1, 0.15) is 103 Å². The van der Waals surface area contributed by atoms with Crippen molar-refractivity contribution in [3.63, 3.8) is 0 Å². The first-order chi connectivity index (χ1) is 27.7. The molecule has 4 aromatic carbocycles. The second kappa shape index (κ2) is 14.6. The van der Waals surface area contributed by atoms with E-state index in [0.29, 0.717) is 11.8 Å². The molecule has 0 spiro atoms. The van der Waals surface area contributed by atoms with E-state index < -0.39 is 0 Å². The van der Waals surface area contributed by atoms with Crippen LogP contribution in [0, 0.1) is 5.92 Å². The standard InChI is InChI=1S/C54H59N3/c1-8-11-21-38(6)43-31-52-42-25-15-17-26-48(42)54(10-3,53(7,9-2)57(52)36-47(43)39-22-13-12-14-23-39)33-40-35-55-29-20-19-27-49(55)46-32-51-45(30-44(40)46)41-24-16-18-28-50(41)56(51)34-37(4)5/h12-20,22-32,35-38H,8-11,21,33-34H2,1-7H3/q+2. The molecule has 0 saturated carbocycles. The zero-order valence-electron chi connectivity index (χ0n) is 35.1. The average molecular weight is 750 g/mol. The highest BCUT2D eigenvalue weighted by molar-refractivity contribution is 6.14. The summed E-state index contributed by atoms with van der Waals surface area (Å²) in [4.78, 5) is 0. The molecule has 0 bridgehead atoms. The summed E-state index contributed by atoms with van der Waals surface area (Å²) in [6.45, 7) is 17.8. The number of para-hydroxylation sites is 1. The minimum absolute atomic E-state index is 0.185. The van der Waals surface area contributed by atoms with Crippen molar-refractivity contribution in [2.24, 2.45) is 5.92 Å². The number of hydrogen-bond acceptors (Lipinski definition) is 0. The predicted molar refractivity (Wildman–Crippen MR) is 240 cm³/mol. The van der Waals surface area contributed by atoms with E-state index in [9.17, 15) is 0 Å². The molecule has 57 heavy (non-hydrogen) atoms. The normalized spacial score (nSPS) is 18.5. The molecule has 288 valence electrons. The summed E-state index contributed by atoms with van der Waals surface area (Å²) in [7, 11) is 0. The van der Waals surface area contributed by atoms with Crippen molar-refractivity contribution in [1.29, 1.82) is 0 Å². The van der Waals surface area contributed by atoms with Gasteiger partial charge in [0.25, 0.3) is 0 Å². The van der Waals surface area contributed by atoms with Gasteiger partial charge in [0.05, 0.1) is 16.4 Å². The summed E-state index contributed by atoms with van der Waals surface area (Å²) < 4.78 is 7.68. The van der Waals surface area contributed by atoms with Crippen LogP contribution in [0.2, 0.25) is 0 Å². The molecule has 9 rings (SSSR count). The van der Waals surface area contributed by atoms with Gasteiger partial charge >= 0.3 is 0 Å². The van der Waals surface area contributed by atoms with E-state index in [1.165, 1.54) is 96.4 Å². The molecule has 0 aliphatic carbocycles. The number of aromatic nitrogens is 3. The molecule has 3 atom stereocenters. The summed E-state index contributed by atoms with van der Waals surface area (Å²) in [6, 6.07) is 43.9. The fourth-order valence-corrected chi connectivity index (χ4v) is 10.9. The molecule has 3 unspecified atom stereocenters. The van der Waals surface area contributed by atoms with Crippen LogP contribution in [-0.4, -0.2) is 4.57 Å². The van der Waals surface area contributed by atoms with Crippen molar-refractivity contribution in [3.8, 4) is 22.4 Å². The Kier molecular flexibility index (Phi) is 9.55. The van der Waals surface area contributed by atoms with Gasteiger partial charge in [0, 0.05) is 71.0 Å². The Balaban J connectivity index is 1.32. The summed E-state index contributed by atoms with van der Waals surface area (Å²) >= 11 is 0. The Morgan fingerprint density at radius 1 is 0.667 bits per heavy atom. The molecular weight excluding hydrogens is 691 g/mol. The summed E-state index contributed by atoms with van der Waals surface area (Å²) in [6.07, 6.45) is 13.9. The number of benzene rings is 4. The van der Waals surface area contributed by atoms with Crippen LogP contribution in [-0.2, 0) is 23.9 Å². The highest BCUT2D eigenvalue weighted by Gasteiger charge is 2.59. The molecule has 4 aromatic heterocycles. The summed E-state index contributed by atoms with van der Waals surface area (Å²) in [5.41, 5.74) is 13.3. The van der Waals surface area contributed by atoms with E-state index in [0.717, 1.165) is 25.8 Å². The van der Waals surface area contributed by atoms with Gasteiger partial charge in [-0.2, -0.15) is 8.97 Å². The average Bonchev–Trinajstić information content (AvgIpc) is 3.54.